The molecule has 2 amide bonds. The van der Waals surface area contributed by atoms with Crippen LogP contribution in [-0.4, -0.2) is 23.7 Å². The fourth-order valence-corrected chi connectivity index (χ4v) is 2.07. The molecule has 1 rings (SSSR count). The summed E-state index contributed by atoms with van der Waals surface area (Å²) in [4.78, 5) is 22.2. The molecule has 0 saturated heterocycles. The van der Waals surface area contributed by atoms with Gasteiger partial charge in [-0.15, -0.1) is 0 Å². The van der Waals surface area contributed by atoms with Crippen LogP contribution in [0.3, 0.4) is 0 Å². The Morgan fingerprint density at radius 1 is 1.24 bits per heavy atom. The van der Waals surface area contributed by atoms with Gasteiger partial charge in [0.05, 0.1) is 0 Å². The van der Waals surface area contributed by atoms with E-state index in [1.165, 1.54) is 0 Å². The van der Waals surface area contributed by atoms with Crippen molar-refractivity contribution in [1.29, 1.82) is 0 Å². The predicted molar refractivity (Wildman–Crippen MR) is 83.6 cm³/mol. The first kappa shape index (κ1) is 17.0. The molecule has 5 heteroatoms. The molecular formula is C16H24N2O3. The quantitative estimate of drug-likeness (QED) is 0.721. The number of hydrogen-bond acceptors (Lipinski definition) is 2. The molecule has 0 saturated carbocycles. The largest absolute Gasteiger partial charge is 0.481 e. The Morgan fingerprint density at radius 3 is 2.57 bits per heavy atom. The van der Waals surface area contributed by atoms with Crippen LogP contribution >= 0.6 is 0 Å². The third-order valence-corrected chi connectivity index (χ3v) is 3.40. The summed E-state index contributed by atoms with van der Waals surface area (Å²) in [6.45, 7) is 6.50. The SMILES string of the molecule is Cc1ccc(NC(=O)NCCC(C)CCC(=O)O)c(C)c1. The van der Waals surface area contributed by atoms with Crippen LogP contribution in [0.1, 0.15) is 37.3 Å². The second-order valence-electron chi connectivity index (χ2n) is 5.53. The van der Waals surface area contributed by atoms with Gasteiger partial charge >= 0.3 is 12.0 Å². The summed E-state index contributed by atoms with van der Waals surface area (Å²) in [5.74, 6) is -0.495. The lowest BCUT2D eigenvalue weighted by atomic mass is 10.0. The summed E-state index contributed by atoms with van der Waals surface area (Å²) in [7, 11) is 0. The van der Waals surface area contributed by atoms with Crippen LogP contribution in [0.15, 0.2) is 18.2 Å². The molecule has 3 N–H and O–H groups in total. The van der Waals surface area contributed by atoms with Gasteiger partial charge in [-0.3, -0.25) is 4.79 Å². The van der Waals surface area contributed by atoms with Gasteiger partial charge in [0, 0.05) is 18.7 Å². The van der Waals surface area contributed by atoms with Crippen LogP contribution in [0.5, 0.6) is 0 Å². The topological polar surface area (TPSA) is 78.4 Å². The lowest BCUT2D eigenvalue weighted by Crippen LogP contribution is -2.30. The van der Waals surface area contributed by atoms with Crippen LogP contribution in [0.2, 0.25) is 0 Å². The Kier molecular flexibility index (Phi) is 6.72. The highest BCUT2D eigenvalue weighted by atomic mass is 16.4. The molecule has 0 radical (unpaired) electrons. The molecule has 0 aliphatic heterocycles. The Labute approximate surface area is 125 Å². The number of carboxylic acids is 1. The third-order valence-electron chi connectivity index (χ3n) is 3.40. The van der Waals surface area contributed by atoms with Crippen molar-refractivity contribution in [2.45, 2.75) is 40.0 Å². The highest BCUT2D eigenvalue weighted by Crippen LogP contribution is 2.15. The number of anilines is 1. The average Bonchev–Trinajstić information content (AvgIpc) is 2.39. The first-order valence-corrected chi connectivity index (χ1v) is 7.22. The molecule has 1 atom stereocenters. The predicted octanol–water partition coefficient (Wildman–Crippen LogP) is 3.32. The van der Waals surface area contributed by atoms with E-state index < -0.39 is 5.97 Å². The van der Waals surface area contributed by atoms with Crippen molar-refractivity contribution in [1.82, 2.24) is 5.32 Å². The van der Waals surface area contributed by atoms with E-state index in [1.54, 1.807) is 0 Å². The highest BCUT2D eigenvalue weighted by Gasteiger charge is 2.07. The number of carbonyl (C=O) groups excluding carboxylic acids is 1. The Balaban J connectivity index is 2.29. The minimum absolute atomic E-state index is 0.177. The van der Waals surface area contributed by atoms with E-state index in [0.717, 1.165) is 23.2 Å². The molecule has 0 aromatic heterocycles. The number of aryl methyl sites for hydroxylation is 2. The number of carboxylic acid groups (broad SMARTS) is 1. The standard InChI is InChI=1S/C16H24N2O3/c1-11(5-7-15(19)20)8-9-17-16(21)18-14-6-4-12(2)10-13(14)3/h4,6,10-11H,5,7-9H2,1-3H3,(H,19,20)(H2,17,18,21). The number of benzene rings is 1. The van der Waals surface area contributed by atoms with Gasteiger partial charge in [-0.25, -0.2) is 4.79 Å². The van der Waals surface area contributed by atoms with Gasteiger partial charge in [-0.05, 0) is 44.2 Å². The second kappa shape index (κ2) is 8.29. The van der Waals surface area contributed by atoms with E-state index in [0.29, 0.717) is 13.0 Å². The minimum atomic E-state index is -0.776. The molecule has 0 bridgehead atoms. The molecule has 116 valence electrons. The molecule has 0 fully saturated rings. The third kappa shape index (κ3) is 6.79. The molecule has 1 aromatic rings. The maximum atomic E-state index is 11.8. The van der Waals surface area contributed by atoms with Crippen LogP contribution in [-0.2, 0) is 4.79 Å². The fourth-order valence-electron chi connectivity index (χ4n) is 2.07. The average molecular weight is 292 g/mol. The summed E-state index contributed by atoms with van der Waals surface area (Å²) in [6.07, 6.45) is 1.58. The Morgan fingerprint density at radius 2 is 1.95 bits per heavy atom. The molecule has 5 nitrogen and oxygen atoms in total. The van der Waals surface area contributed by atoms with E-state index in [9.17, 15) is 9.59 Å². The zero-order valence-corrected chi connectivity index (χ0v) is 12.9. The lowest BCUT2D eigenvalue weighted by molar-refractivity contribution is -0.137. The van der Waals surface area contributed by atoms with Crippen LogP contribution in [0, 0.1) is 19.8 Å². The van der Waals surface area contributed by atoms with Crippen molar-refractivity contribution in [3.63, 3.8) is 0 Å². The normalized spacial score (nSPS) is 11.8. The van der Waals surface area contributed by atoms with E-state index in [1.807, 2.05) is 39.0 Å². The van der Waals surface area contributed by atoms with Crippen LogP contribution in [0.25, 0.3) is 0 Å². The molecular weight excluding hydrogens is 268 g/mol. The first-order valence-electron chi connectivity index (χ1n) is 7.22. The van der Waals surface area contributed by atoms with Gasteiger partial charge in [0.1, 0.15) is 0 Å². The molecule has 0 spiro atoms. The van der Waals surface area contributed by atoms with Gasteiger partial charge in [0.25, 0.3) is 0 Å². The second-order valence-corrected chi connectivity index (χ2v) is 5.53. The maximum Gasteiger partial charge on any atom is 0.319 e. The summed E-state index contributed by atoms with van der Waals surface area (Å²) < 4.78 is 0. The van der Waals surface area contributed by atoms with Gasteiger partial charge in [0.2, 0.25) is 0 Å². The number of hydrogen-bond donors (Lipinski definition) is 3. The van der Waals surface area contributed by atoms with Gasteiger partial charge in [-0.1, -0.05) is 24.6 Å². The number of urea groups is 1. The Hall–Kier alpha value is -2.04. The van der Waals surface area contributed by atoms with Gasteiger partial charge in [0.15, 0.2) is 0 Å². The van der Waals surface area contributed by atoms with Crippen LogP contribution < -0.4 is 10.6 Å². The van der Waals surface area contributed by atoms with Gasteiger partial charge < -0.3 is 15.7 Å². The fraction of sp³-hybridized carbons (Fsp3) is 0.500. The van der Waals surface area contributed by atoms with Crippen LogP contribution in [0.4, 0.5) is 10.5 Å². The summed E-state index contributed by atoms with van der Waals surface area (Å²) >= 11 is 0. The van der Waals surface area contributed by atoms with Crippen molar-refractivity contribution in [2.75, 3.05) is 11.9 Å². The zero-order valence-electron chi connectivity index (χ0n) is 12.9. The van der Waals surface area contributed by atoms with Crippen molar-refractivity contribution in [3.8, 4) is 0 Å². The smallest absolute Gasteiger partial charge is 0.319 e. The molecule has 0 aliphatic rings. The van der Waals surface area contributed by atoms with Crippen molar-refractivity contribution in [3.05, 3.63) is 29.3 Å². The number of aliphatic carboxylic acids is 1. The van der Waals surface area contributed by atoms with E-state index in [-0.39, 0.29) is 18.4 Å². The Bertz CT molecular complexity index is 500. The number of carbonyl (C=O) groups is 2. The van der Waals surface area contributed by atoms with E-state index in [2.05, 4.69) is 10.6 Å². The summed E-state index contributed by atoms with van der Waals surface area (Å²) in [5, 5.41) is 14.2. The van der Waals surface area contributed by atoms with Crippen molar-refractivity contribution in [2.24, 2.45) is 5.92 Å². The van der Waals surface area contributed by atoms with Crippen molar-refractivity contribution < 1.29 is 14.7 Å². The molecule has 0 heterocycles. The van der Waals surface area contributed by atoms with E-state index in [4.69, 9.17) is 5.11 Å². The zero-order chi connectivity index (χ0) is 15.8. The summed E-state index contributed by atoms with van der Waals surface area (Å²) in [5.41, 5.74) is 2.99. The molecule has 1 unspecified atom stereocenters. The number of rotatable bonds is 7. The monoisotopic (exact) mass is 292 g/mol. The molecule has 1 aromatic carbocycles. The van der Waals surface area contributed by atoms with Gasteiger partial charge in [-0.2, -0.15) is 0 Å². The lowest BCUT2D eigenvalue weighted by Gasteiger charge is -2.13. The molecule has 21 heavy (non-hydrogen) atoms. The first-order chi connectivity index (χ1) is 9.88. The van der Waals surface area contributed by atoms with Crippen molar-refractivity contribution >= 4 is 17.7 Å². The van der Waals surface area contributed by atoms with E-state index >= 15 is 0 Å². The minimum Gasteiger partial charge on any atom is -0.481 e. The number of nitrogens with one attached hydrogen (secondary N) is 2. The summed E-state index contributed by atoms with van der Waals surface area (Å²) in [6, 6.07) is 5.63. The molecule has 0 aliphatic carbocycles. The maximum absolute atomic E-state index is 11.8. The highest BCUT2D eigenvalue weighted by molar-refractivity contribution is 5.90. The number of amides is 2.